The minimum atomic E-state index is 1.17. The van der Waals surface area contributed by atoms with Crippen LogP contribution in [0.3, 0.4) is 0 Å². The number of hydrogen-bond donors (Lipinski definition) is 0. The molecule has 0 saturated carbocycles. The Morgan fingerprint density at radius 2 is 0.309 bits per heavy atom. The highest BCUT2D eigenvalue weighted by molar-refractivity contribution is 6.18. The number of benzene rings is 14. The molecule has 14 aromatic rings. The van der Waals surface area contributed by atoms with Gasteiger partial charge in [-0.15, -0.1) is 0 Å². The molecule has 0 fully saturated rings. The van der Waals surface area contributed by atoms with Gasteiger partial charge in [0, 0.05) is 0 Å². The molecule has 0 unspecified atom stereocenters. The monoisotopic (exact) mass is 858 g/mol. The third-order valence-corrected chi connectivity index (χ3v) is 14.5. The van der Waals surface area contributed by atoms with Crippen molar-refractivity contribution in [2.45, 2.75) is 0 Å². The molecule has 0 atom stereocenters. The maximum atomic E-state index is 2.45. The minimum absolute atomic E-state index is 1.17. The molecule has 0 spiro atoms. The van der Waals surface area contributed by atoms with Crippen LogP contribution in [0.1, 0.15) is 0 Å². The lowest BCUT2D eigenvalue weighted by atomic mass is 9.85. The smallest absolute Gasteiger partial charge is 0.00986 e. The van der Waals surface area contributed by atoms with Crippen LogP contribution >= 0.6 is 0 Å². The molecular weight excluding hydrogens is 817 g/mol. The van der Waals surface area contributed by atoms with Crippen LogP contribution in [-0.4, -0.2) is 0 Å². The highest BCUT2D eigenvalue weighted by Crippen LogP contribution is 2.45. The van der Waals surface area contributed by atoms with Crippen LogP contribution in [0.2, 0.25) is 0 Å². The Labute approximate surface area is 394 Å². The van der Waals surface area contributed by atoms with Gasteiger partial charge in [0.1, 0.15) is 0 Å². The summed E-state index contributed by atoms with van der Waals surface area (Å²) < 4.78 is 0. The minimum Gasteiger partial charge on any atom is -0.0616 e. The van der Waals surface area contributed by atoms with Crippen molar-refractivity contribution in [1.29, 1.82) is 0 Å². The largest absolute Gasteiger partial charge is 0.0616 e. The first-order chi connectivity index (χ1) is 33.7. The lowest BCUT2D eigenvalue weighted by Gasteiger charge is -2.19. The van der Waals surface area contributed by atoms with Gasteiger partial charge in [-0.2, -0.15) is 0 Å². The predicted octanol–water partition coefficient (Wildman–Crippen LogP) is 19.2. The number of hydrogen-bond acceptors (Lipinski definition) is 0. The van der Waals surface area contributed by atoms with E-state index in [0.717, 1.165) is 0 Å². The molecule has 0 aromatic heterocycles. The van der Waals surface area contributed by atoms with Gasteiger partial charge in [0.2, 0.25) is 0 Å². The second-order valence-corrected chi connectivity index (χ2v) is 18.4. The molecule has 0 aliphatic heterocycles. The van der Waals surface area contributed by atoms with Crippen molar-refractivity contribution < 1.29 is 0 Å². The number of rotatable bonds is 5. The third kappa shape index (κ3) is 6.15. The fourth-order valence-corrected chi connectivity index (χ4v) is 11.4. The summed E-state index contributed by atoms with van der Waals surface area (Å²) in [6, 6.07) is 95.3. The predicted molar refractivity (Wildman–Crippen MR) is 294 cm³/mol. The first-order valence-electron chi connectivity index (χ1n) is 23.6. The van der Waals surface area contributed by atoms with Gasteiger partial charge in [-0.05, 0) is 202 Å². The average molecular weight is 859 g/mol. The maximum Gasteiger partial charge on any atom is -0.00986 e. The lowest BCUT2D eigenvalue weighted by Crippen LogP contribution is -1.92. The van der Waals surface area contributed by atoms with Crippen LogP contribution in [0, 0.1) is 0 Å². The van der Waals surface area contributed by atoms with Crippen LogP contribution in [-0.2, 0) is 0 Å². The third-order valence-electron chi connectivity index (χ3n) is 14.5. The van der Waals surface area contributed by atoms with Gasteiger partial charge in [-0.25, -0.2) is 0 Å². The summed E-state index contributed by atoms with van der Waals surface area (Å²) in [5.41, 5.74) is 12.0. The van der Waals surface area contributed by atoms with Crippen LogP contribution in [0.25, 0.3) is 142 Å². The van der Waals surface area contributed by atoms with Gasteiger partial charge in [0.25, 0.3) is 0 Å². The Hall–Kier alpha value is -8.84. The second kappa shape index (κ2) is 15.4. The molecule has 0 amide bonds. The van der Waals surface area contributed by atoms with Crippen LogP contribution in [0.4, 0.5) is 0 Å². The van der Waals surface area contributed by atoms with E-state index in [4.69, 9.17) is 0 Å². The van der Waals surface area contributed by atoms with Crippen molar-refractivity contribution in [2.24, 2.45) is 0 Å². The van der Waals surface area contributed by atoms with E-state index in [1.807, 2.05) is 0 Å². The summed E-state index contributed by atoms with van der Waals surface area (Å²) in [4.78, 5) is 0. The second-order valence-electron chi connectivity index (χ2n) is 18.4. The summed E-state index contributed by atoms with van der Waals surface area (Å²) in [6.07, 6.45) is 0. The summed E-state index contributed by atoms with van der Waals surface area (Å²) in [6.45, 7) is 0. The van der Waals surface area contributed by atoms with Crippen LogP contribution in [0.15, 0.2) is 255 Å². The molecule has 0 aliphatic rings. The quantitative estimate of drug-likeness (QED) is 0.151. The molecule has 0 aliphatic carbocycles. The summed E-state index contributed by atoms with van der Waals surface area (Å²) in [5.74, 6) is 0. The summed E-state index contributed by atoms with van der Waals surface area (Å²) in [5, 5.41) is 20.1. The van der Waals surface area contributed by atoms with E-state index in [-0.39, 0.29) is 0 Å². The van der Waals surface area contributed by atoms with Crippen molar-refractivity contribution in [1.82, 2.24) is 0 Å². The van der Waals surface area contributed by atoms with E-state index in [1.165, 1.54) is 142 Å². The molecule has 0 nitrogen and oxygen atoms in total. The van der Waals surface area contributed by atoms with E-state index >= 15 is 0 Å². The zero-order valence-corrected chi connectivity index (χ0v) is 37.2. The zero-order valence-electron chi connectivity index (χ0n) is 37.2. The normalized spacial score (nSPS) is 11.8. The lowest BCUT2D eigenvalue weighted by molar-refractivity contribution is 1.58. The Balaban J connectivity index is 1.11. The van der Waals surface area contributed by atoms with Crippen molar-refractivity contribution in [2.75, 3.05) is 0 Å². The molecule has 0 heteroatoms. The van der Waals surface area contributed by atoms with Gasteiger partial charge >= 0.3 is 0 Å². The Morgan fingerprint density at radius 1 is 0.132 bits per heavy atom. The Kier molecular flexibility index (Phi) is 8.69. The number of fused-ring (bicyclic) bond motifs is 12. The Morgan fingerprint density at radius 3 is 0.544 bits per heavy atom. The van der Waals surface area contributed by atoms with Crippen molar-refractivity contribution >= 4 is 86.2 Å². The fourth-order valence-electron chi connectivity index (χ4n) is 11.4. The highest BCUT2D eigenvalue weighted by atomic mass is 14.2. The van der Waals surface area contributed by atoms with Crippen LogP contribution < -0.4 is 0 Å². The summed E-state index contributed by atoms with van der Waals surface area (Å²) >= 11 is 0. The van der Waals surface area contributed by atoms with Gasteiger partial charge in [-0.3, -0.25) is 0 Å². The molecule has 14 rings (SSSR count). The molecule has 314 valence electrons. The topological polar surface area (TPSA) is 0 Å². The SMILES string of the molecule is c1ccc2c(c1)cc(-c1cc(-c3cc(-c4cc5ccccc5c5ccccc45)cc(-c4cc5ccccc5c5ccccc45)c3)cc(-c3cc4ccccc4c4ccccc34)c1)c1ccccc12. The van der Waals surface area contributed by atoms with Gasteiger partial charge in [-0.1, -0.05) is 194 Å². The highest BCUT2D eigenvalue weighted by Gasteiger charge is 2.19. The molecule has 0 heterocycles. The van der Waals surface area contributed by atoms with E-state index < -0.39 is 0 Å². The molecular formula is C68H42. The molecule has 0 radical (unpaired) electrons. The molecule has 68 heavy (non-hydrogen) atoms. The fraction of sp³-hybridized carbons (Fsp3) is 0. The van der Waals surface area contributed by atoms with Crippen molar-refractivity contribution in [3.8, 4) is 55.6 Å². The van der Waals surface area contributed by atoms with E-state index in [9.17, 15) is 0 Å². The summed E-state index contributed by atoms with van der Waals surface area (Å²) in [7, 11) is 0. The Bertz CT molecular complexity index is 3820. The molecule has 0 N–H and O–H groups in total. The van der Waals surface area contributed by atoms with E-state index in [1.54, 1.807) is 0 Å². The first kappa shape index (κ1) is 38.4. The average Bonchev–Trinajstić information content (AvgIpc) is 3.42. The van der Waals surface area contributed by atoms with E-state index in [2.05, 4.69) is 255 Å². The van der Waals surface area contributed by atoms with Gasteiger partial charge in [0.05, 0.1) is 0 Å². The van der Waals surface area contributed by atoms with E-state index in [0.29, 0.717) is 0 Å². The van der Waals surface area contributed by atoms with Crippen LogP contribution in [0.5, 0.6) is 0 Å². The van der Waals surface area contributed by atoms with Crippen molar-refractivity contribution in [3.63, 3.8) is 0 Å². The van der Waals surface area contributed by atoms with Crippen molar-refractivity contribution in [3.05, 3.63) is 255 Å². The molecule has 0 saturated heterocycles. The zero-order chi connectivity index (χ0) is 44.7. The first-order valence-corrected chi connectivity index (χ1v) is 23.6. The molecule has 14 aromatic carbocycles. The maximum absolute atomic E-state index is 2.45. The van der Waals surface area contributed by atoms with Gasteiger partial charge in [0.15, 0.2) is 0 Å². The molecule has 0 bridgehead atoms. The van der Waals surface area contributed by atoms with Gasteiger partial charge < -0.3 is 0 Å². The standard InChI is InChI=1S/C68H42/c1-5-21-53-43(17-1)39-65(61-29-13-9-25-57(53)61)49-33-47(34-50(37-49)66-40-44-18-2-6-22-54(44)58-26-10-14-30-62(58)66)48-35-51(67-41-45-19-3-7-23-55(45)59-27-11-15-31-63(59)67)38-52(36-48)68-42-46-20-4-8-24-56(46)60-28-12-16-32-64(60)68/h1-42H.